The number of nitrogens with one attached hydrogen (secondary N) is 1. The molecule has 0 aliphatic heterocycles. The van der Waals surface area contributed by atoms with Crippen molar-refractivity contribution in [2.75, 3.05) is 0 Å². The summed E-state index contributed by atoms with van der Waals surface area (Å²) < 4.78 is 73.7. The molecule has 1 amide bonds. The average Bonchev–Trinajstić information content (AvgIpc) is 2.79. The molecular formula is C26H24F5NO5. The van der Waals surface area contributed by atoms with Crippen molar-refractivity contribution in [3.05, 3.63) is 71.3 Å². The highest BCUT2D eigenvalue weighted by Gasteiger charge is 2.34. The number of halogens is 5. The quantitative estimate of drug-likeness (QED) is 0.329. The maximum Gasteiger partial charge on any atom is 0.573 e. The van der Waals surface area contributed by atoms with Crippen molar-refractivity contribution in [1.82, 2.24) is 5.32 Å². The monoisotopic (exact) mass is 525 g/mol. The number of benzene rings is 3. The summed E-state index contributed by atoms with van der Waals surface area (Å²) in [7, 11) is 0. The van der Waals surface area contributed by atoms with Crippen LogP contribution < -0.4 is 14.8 Å². The minimum Gasteiger partial charge on any atom is -0.487 e. The Labute approximate surface area is 209 Å². The summed E-state index contributed by atoms with van der Waals surface area (Å²) >= 11 is 0. The van der Waals surface area contributed by atoms with Gasteiger partial charge in [-0.2, -0.15) is 0 Å². The van der Waals surface area contributed by atoms with E-state index in [-0.39, 0.29) is 28.9 Å². The first kappa shape index (κ1) is 27.7. The van der Waals surface area contributed by atoms with Crippen molar-refractivity contribution in [2.45, 2.75) is 46.2 Å². The highest BCUT2D eigenvalue weighted by atomic mass is 19.4. The van der Waals surface area contributed by atoms with Crippen molar-refractivity contribution < 1.29 is 46.1 Å². The second-order valence-electron chi connectivity index (χ2n) is 9.31. The SMILES string of the molecule is CC(C)(C)[C@@H](NC(=O)c1ccc2ccc(C(F)F)cc2c1OCc1ccc(OC(F)(F)F)cc1)C(=O)O. The summed E-state index contributed by atoms with van der Waals surface area (Å²) in [5.41, 5.74) is -0.850. The molecule has 198 valence electrons. The predicted molar refractivity (Wildman–Crippen MR) is 125 cm³/mol. The first-order valence-electron chi connectivity index (χ1n) is 11.0. The van der Waals surface area contributed by atoms with E-state index in [2.05, 4.69) is 10.1 Å². The Morgan fingerprint density at radius 1 is 0.973 bits per heavy atom. The van der Waals surface area contributed by atoms with E-state index in [1.807, 2.05) is 0 Å². The maximum absolute atomic E-state index is 13.4. The number of alkyl halides is 5. The molecule has 3 aromatic carbocycles. The lowest BCUT2D eigenvalue weighted by molar-refractivity contribution is -0.274. The van der Waals surface area contributed by atoms with Gasteiger partial charge in [0, 0.05) is 10.9 Å². The van der Waals surface area contributed by atoms with Gasteiger partial charge in [-0.15, -0.1) is 13.2 Å². The lowest BCUT2D eigenvalue weighted by Crippen LogP contribution is -2.49. The number of fused-ring (bicyclic) bond motifs is 1. The fraction of sp³-hybridized carbons (Fsp3) is 0.308. The minimum atomic E-state index is -4.85. The van der Waals surface area contributed by atoms with Gasteiger partial charge in [-0.05, 0) is 40.6 Å². The molecule has 0 bridgehead atoms. The average molecular weight is 525 g/mol. The van der Waals surface area contributed by atoms with Crippen molar-refractivity contribution >= 4 is 22.6 Å². The molecule has 37 heavy (non-hydrogen) atoms. The zero-order valence-corrected chi connectivity index (χ0v) is 20.0. The molecule has 0 aromatic heterocycles. The second-order valence-corrected chi connectivity index (χ2v) is 9.31. The molecule has 3 aromatic rings. The van der Waals surface area contributed by atoms with Crippen molar-refractivity contribution in [2.24, 2.45) is 5.41 Å². The highest BCUT2D eigenvalue weighted by molar-refractivity contribution is 6.05. The Balaban J connectivity index is 1.99. The molecule has 0 fully saturated rings. The largest absolute Gasteiger partial charge is 0.573 e. The predicted octanol–water partition coefficient (Wildman–Crippen LogP) is 6.48. The van der Waals surface area contributed by atoms with Crippen molar-refractivity contribution in [3.63, 3.8) is 0 Å². The van der Waals surface area contributed by atoms with Crippen LogP contribution in [0, 0.1) is 5.41 Å². The molecule has 11 heteroatoms. The summed E-state index contributed by atoms with van der Waals surface area (Å²) in [4.78, 5) is 24.9. The van der Waals surface area contributed by atoms with Gasteiger partial charge in [0.25, 0.3) is 12.3 Å². The molecule has 6 nitrogen and oxygen atoms in total. The van der Waals surface area contributed by atoms with E-state index < -0.39 is 41.9 Å². The van der Waals surface area contributed by atoms with Crippen LogP contribution in [0.4, 0.5) is 22.0 Å². The minimum absolute atomic E-state index is 0.0776. The first-order valence-corrected chi connectivity index (χ1v) is 11.0. The number of hydrogen-bond donors (Lipinski definition) is 2. The molecule has 0 saturated carbocycles. The molecule has 0 radical (unpaired) electrons. The smallest absolute Gasteiger partial charge is 0.487 e. The Bertz CT molecular complexity index is 1280. The van der Waals surface area contributed by atoms with E-state index in [0.717, 1.165) is 12.1 Å². The third-order valence-corrected chi connectivity index (χ3v) is 5.42. The molecule has 2 N–H and O–H groups in total. The Morgan fingerprint density at radius 3 is 2.14 bits per heavy atom. The number of carboxylic acid groups (broad SMARTS) is 1. The molecular weight excluding hydrogens is 501 g/mol. The fourth-order valence-electron chi connectivity index (χ4n) is 3.58. The van der Waals surface area contributed by atoms with Crippen LogP contribution in [0.1, 0.15) is 48.7 Å². The van der Waals surface area contributed by atoms with Gasteiger partial charge in [-0.1, -0.05) is 51.1 Å². The van der Waals surface area contributed by atoms with Gasteiger partial charge >= 0.3 is 12.3 Å². The number of hydrogen-bond acceptors (Lipinski definition) is 4. The second kappa shape index (κ2) is 10.6. The van der Waals surface area contributed by atoms with E-state index in [0.29, 0.717) is 10.9 Å². The van der Waals surface area contributed by atoms with Gasteiger partial charge in [0.2, 0.25) is 0 Å². The van der Waals surface area contributed by atoms with E-state index in [4.69, 9.17) is 4.74 Å². The van der Waals surface area contributed by atoms with Crippen LogP contribution in [0.5, 0.6) is 11.5 Å². The lowest BCUT2D eigenvalue weighted by Gasteiger charge is -2.28. The van der Waals surface area contributed by atoms with Crippen LogP contribution in [-0.2, 0) is 11.4 Å². The summed E-state index contributed by atoms with van der Waals surface area (Å²) in [6.07, 6.45) is -7.65. The molecule has 0 unspecified atom stereocenters. The Hall–Kier alpha value is -3.89. The summed E-state index contributed by atoms with van der Waals surface area (Å²) in [5.74, 6) is -2.57. The van der Waals surface area contributed by atoms with Crippen LogP contribution in [-0.4, -0.2) is 29.4 Å². The van der Waals surface area contributed by atoms with Crippen LogP contribution in [0.15, 0.2) is 54.6 Å². The fourth-order valence-corrected chi connectivity index (χ4v) is 3.58. The third-order valence-electron chi connectivity index (χ3n) is 5.42. The molecule has 0 spiro atoms. The van der Waals surface area contributed by atoms with Crippen LogP contribution in [0.3, 0.4) is 0 Å². The van der Waals surface area contributed by atoms with Gasteiger partial charge in [-0.3, -0.25) is 4.79 Å². The maximum atomic E-state index is 13.4. The topological polar surface area (TPSA) is 84.9 Å². The highest BCUT2D eigenvalue weighted by Crippen LogP contribution is 2.34. The number of carboxylic acids is 1. The van der Waals surface area contributed by atoms with E-state index in [1.165, 1.54) is 42.5 Å². The summed E-state index contributed by atoms with van der Waals surface area (Å²) in [6, 6.07) is 10.3. The molecule has 0 aliphatic rings. The standard InChI is InChI=1S/C26H24F5NO5/c1-25(2,3)21(24(34)35)32-23(33)18-11-8-15-6-7-16(22(27)28)12-19(15)20(18)36-13-14-4-9-17(10-5-14)37-26(29,30)31/h4-12,21-22H,13H2,1-3H3,(H,32,33)(H,34,35)/t21-/m0/s1. The van der Waals surface area contributed by atoms with E-state index >= 15 is 0 Å². The number of amides is 1. The molecule has 3 rings (SSSR count). The normalized spacial score (nSPS) is 12.9. The van der Waals surface area contributed by atoms with E-state index in [1.54, 1.807) is 20.8 Å². The van der Waals surface area contributed by atoms with Crippen molar-refractivity contribution in [3.8, 4) is 11.5 Å². The van der Waals surface area contributed by atoms with Crippen LogP contribution in [0.2, 0.25) is 0 Å². The number of ether oxygens (including phenoxy) is 2. The zero-order valence-electron chi connectivity index (χ0n) is 20.0. The van der Waals surface area contributed by atoms with Gasteiger partial charge in [0.15, 0.2) is 0 Å². The molecule has 0 heterocycles. The Morgan fingerprint density at radius 2 is 1.59 bits per heavy atom. The zero-order chi connectivity index (χ0) is 27.5. The molecule has 1 atom stereocenters. The van der Waals surface area contributed by atoms with Crippen LogP contribution >= 0.6 is 0 Å². The summed E-state index contributed by atoms with van der Waals surface area (Å²) in [5, 5.41) is 12.7. The van der Waals surface area contributed by atoms with Gasteiger partial charge in [0.1, 0.15) is 24.1 Å². The molecule has 0 saturated heterocycles. The van der Waals surface area contributed by atoms with Crippen LogP contribution in [0.25, 0.3) is 10.8 Å². The van der Waals surface area contributed by atoms with Gasteiger partial charge < -0.3 is 19.9 Å². The first-order chi connectivity index (χ1) is 17.2. The number of rotatable bonds is 8. The van der Waals surface area contributed by atoms with Gasteiger partial charge in [-0.25, -0.2) is 13.6 Å². The number of carbonyl (C=O) groups excluding carboxylic acids is 1. The van der Waals surface area contributed by atoms with Crippen molar-refractivity contribution in [1.29, 1.82) is 0 Å². The molecule has 0 aliphatic carbocycles. The number of carbonyl (C=O) groups is 2. The van der Waals surface area contributed by atoms with E-state index in [9.17, 15) is 36.6 Å². The number of aliphatic carboxylic acids is 1. The summed E-state index contributed by atoms with van der Waals surface area (Å²) in [6.45, 7) is 4.66. The van der Waals surface area contributed by atoms with Gasteiger partial charge in [0.05, 0.1) is 5.56 Å². The lowest BCUT2D eigenvalue weighted by atomic mass is 9.86. The third kappa shape index (κ3) is 7.08. The Kier molecular flexibility index (Phi) is 7.94.